The van der Waals surface area contributed by atoms with E-state index in [4.69, 9.17) is 10.2 Å². The summed E-state index contributed by atoms with van der Waals surface area (Å²) in [5.41, 5.74) is 0.787. The summed E-state index contributed by atoms with van der Waals surface area (Å²) in [5, 5.41) is 17.8. The number of benzene rings is 1. The van der Waals surface area contributed by atoms with E-state index in [1.807, 2.05) is 0 Å². The summed E-state index contributed by atoms with van der Waals surface area (Å²) >= 11 is 0. The van der Waals surface area contributed by atoms with Crippen molar-refractivity contribution in [3.63, 3.8) is 0 Å². The van der Waals surface area contributed by atoms with Crippen molar-refractivity contribution in [2.45, 2.75) is 0 Å². The van der Waals surface area contributed by atoms with Crippen molar-refractivity contribution >= 4 is 6.08 Å². The van der Waals surface area contributed by atoms with Gasteiger partial charge in [0, 0.05) is 88.1 Å². The second-order valence-electron chi connectivity index (χ2n) is 1.95. The minimum Gasteiger partial charge on any atom is -0.504 e. The molecule has 0 aliphatic carbocycles. The van der Waals surface area contributed by atoms with Crippen molar-refractivity contribution in [1.29, 1.82) is 0 Å². The first-order valence-corrected chi connectivity index (χ1v) is 2.88. The van der Waals surface area contributed by atoms with Crippen LogP contribution >= 0.6 is 0 Å². The van der Waals surface area contributed by atoms with Gasteiger partial charge in [0.1, 0.15) is 0 Å². The maximum absolute atomic E-state index is 8.93. The van der Waals surface area contributed by atoms with E-state index in [9.17, 15) is 0 Å². The Labute approximate surface area is 143 Å². The van der Waals surface area contributed by atoms with Crippen LogP contribution in [0, 0.1) is 88.1 Å². The molecular weight excluding hydrogens is 582 g/mol. The molecule has 12 heavy (non-hydrogen) atoms. The molecule has 1 aromatic rings. The molecule has 0 heterocycles. The molecule has 0 unspecified atom stereocenters. The van der Waals surface area contributed by atoms with Crippen LogP contribution in [0.5, 0.6) is 11.5 Å². The third-order valence-corrected chi connectivity index (χ3v) is 1.24. The topological polar surface area (TPSA) is 40.5 Å². The van der Waals surface area contributed by atoms with Gasteiger partial charge in [0.25, 0.3) is 0 Å². The zero-order chi connectivity index (χ0) is 7.56. The maximum atomic E-state index is 8.93. The first kappa shape index (κ1) is 15.9. The number of aromatic hydroxyl groups is 2. The fourth-order valence-corrected chi connectivity index (χ4v) is 0.667. The van der Waals surface area contributed by atoms with E-state index in [-0.39, 0.29) is 99.6 Å². The average Bonchev–Trinajstić information content (AvgIpc) is 1.95. The van der Waals surface area contributed by atoms with Gasteiger partial charge in [0.2, 0.25) is 0 Å². The summed E-state index contributed by atoms with van der Waals surface area (Å²) in [4.78, 5) is 0. The van der Waals surface area contributed by atoms with Gasteiger partial charge in [-0.25, -0.2) is 0 Å². The monoisotopic (exact) mass is 590 g/mol. The third-order valence-electron chi connectivity index (χ3n) is 1.24. The normalized spacial score (nSPS) is 7.67. The van der Waals surface area contributed by atoms with Crippen LogP contribution in [-0.4, -0.2) is 10.2 Å². The molecule has 1 rings (SSSR count). The zero-order valence-electron chi connectivity index (χ0n) is 6.57. The summed E-state index contributed by atoms with van der Waals surface area (Å²) in [6.45, 7) is 3.51. The number of hydrogen-bond acceptors (Lipinski definition) is 2. The zero-order valence-corrected chi connectivity index (χ0v) is 16.1. The number of phenolic OH excluding ortho intramolecular Hbond substituents is 2. The van der Waals surface area contributed by atoms with E-state index >= 15 is 0 Å². The quantitative estimate of drug-likeness (QED) is 0.490. The Bertz CT molecular complexity index is 261. The van der Waals surface area contributed by atoms with Crippen LogP contribution in [0.25, 0.3) is 6.08 Å². The Kier molecular flexibility index (Phi) is 10.3. The predicted octanol–water partition coefficient (Wildman–Crippen LogP) is 1.74. The summed E-state index contributed by atoms with van der Waals surface area (Å²) < 4.78 is 0. The average molecular weight is 590 g/mol. The molecule has 4 heteroatoms. The molecule has 0 aliphatic heterocycles. The fourth-order valence-electron chi connectivity index (χ4n) is 0.667. The second-order valence-corrected chi connectivity index (χ2v) is 1.95. The maximum Gasteiger partial charge on any atom is 0.157 e. The van der Waals surface area contributed by atoms with Gasteiger partial charge in [-0.15, -0.1) is 0 Å². The Morgan fingerprint density at radius 1 is 1.08 bits per heavy atom. The molecule has 0 amide bonds. The Morgan fingerprint density at radius 3 is 2.08 bits per heavy atom. The SMILES string of the molecule is C=Cc1ccc(O)c(O)c1.[Ac].[Ac]. The minimum absolute atomic E-state index is 0. The number of phenols is 2. The van der Waals surface area contributed by atoms with E-state index < -0.39 is 0 Å². The summed E-state index contributed by atoms with van der Waals surface area (Å²) in [6, 6.07) is 4.54. The van der Waals surface area contributed by atoms with Gasteiger partial charge in [0.05, 0.1) is 0 Å². The smallest absolute Gasteiger partial charge is 0.157 e. The van der Waals surface area contributed by atoms with Crippen molar-refractivity contribution in [3.05, 3.63) is 30.3 Å². The van der Waals surface area contributed by atoms with Gasteiger partial charge in [-0.1, -0.05) is 18.7 Å². The van der Waals surface area contributed by atoms with Crippen molar-refractivity contribution in [3.8, 4) is 11.5 Å². The first-order valence-electron chi connectivity index (χ1n) is 2.88. The first-order chi connectivity index (χ1) is 4.74. The van der Waals surface area contributed by atoms with Crippen molar-refractivity contribution in [2.75, 3.05) is 0 Å². The van der Waals surface area contributed by atoms with Crippen LogP contribution in [0.15, 0.2) is 24.8 Å². The number of rotatable bonds is 1. The molecular formula is C8H8Ac2O2. The van der Waals surface area contributed by atoms with Crippen LogP contribution in [0.4, 0.5) is 0 Å². The molecule has 0 bridgehead atoms. The van der Waals surface area contributed by atoms with Gasteiger partial charge in [-0.05, 0) is 17.7 Å². The van der Waals surface area contributed by atoms with Gasteiger partial charge < -0.3 is 10.2 Å². The molecule has 0 aliphatic rings. The van der Waals surface area contributed by atoms with E-state index in [2.05, 4.69) is 6.58 Å². The molecule has 2 nitrogen and oxygen atoms in total. The molecule has 1 aromatic carbocycles. The van der Waals surface area contributed by atoms with Crippen molar-refractivity contribution < 1.29 is 98.3 Å². The predicted molar refractivity (Wildman–Crippen MR) is 39.9 cm³/mol. The number of hydrogen-bond donors (Lipinski definition) is 2. The Morgan fingerprint density at radius 2 is 1.67 bits per heavy atom. The van der Waals surface area contributed by atoms with Gasteiger partial charge in [0.15, 0.2) is 11.5 Å². The standard InChI is InChI=1S/C8H8O2.2Ac/c1-2-6-3-4-7(9)8(10)5-6;;/h2-5,9-10H,1H2;;. The minimum atomic E-state index is -0.114. The molecule has 0 saturated carbocycles. The van der Waals surface area contributed by atoms with Gasteiger partial charge in [-0.2, -0.15) is 0 Å². The molecule has 0 spiro atoms. The molecule has 0 atom stereocenters. The molecule has 0 fully saturated rings. The van der Waals surface area contributed by atoms with E-state index in [0.29, 0.717) is 0 Å². The summed E-state index contributed by atoms with van der Waals surface area (Å²) in [5.74, 6) is -0.219. The van der Waals surface area contributed by atoms with Crippen molar-refractivity contribution in [2.24, 2.45) is 0 Å². The fraction of sp³-hybridized carbons (Fsp3) is 0. The van der Waals surface area contributed by atoms with Crippen LogP contribution in [0.1, 0.15) is 5.56 Å². The third kappa shape index (κ3) is 4.62. The van der Waals surface area contributed by atoms with E-state index in [1.165, 1.54) is 12.1 Å². The Hall–Kier alpha value is 1.44. The molecule has 58 valence electrons. The van der Waals surface area contributed by atoms with Crippen LogP contribution in [0.3, 0.4) is 0 Å². The van der Waals surface area contributed by atoms with Crippen LogP contribution < -0.4 is 0 Å². The molecule has 0 saturated heterocycles. The van der Waals surface area contributed by atoms with Crippen LogP contribution in [-0.2, 0) is 0 Å². The van der Waals surface area contributed by atoms with E-state index in [0.717, 1.165) is 5.56 Å². The molecule has 2 radical (unpaired) electrons. The van der Waals surface area contributed by atoms with E-state index in [1.54, 1.807) is 12.1 Å². The summed E-state index contributed by atoms with van der Waals surface area (Å²) in [6.07, 6.45) is 1.60. The van der Waals surface area contributed by atoms with Crippen LogP contribution in [0.2, 0.25) is 0 Å². The second kappa shape index (κ2) is 7.81. The molecule has 0 aromatic heterocycles. The summed E-state index contributed by atoms with van der Waals surface area (Å²) in [7, 11) is 0. The van der Waals surface area contributed by atoms with Gasteiger partial charge in [-0.3, -0.25) is 0 Å². The van der Waals surface area contributed by atoms with Gasteiger partial charge >= 0.3 is 0 Å². The Balaban J connectivity index is 0. The molecule has 2 N–H and O–H groups in total. The largest absolute Gasteiger partial charge is 0.504 e. The van der Waals surface area contributed by atoms with Crippen molar-refractivity contribution in [1.82, 2.24) is 0 Å².